The second kappa shape index (κ2) is 6.65. The lowest BCUT2D eigenvalue weighted by Crippen LogP contribution is -2.28. The number of allylic oxidation sites excluding steroid dienone is 5. The molecule has 1 aliphatic heterocycles. The first kappa shape index (κ1) is 15.8. The summed E-state index contributed by atoms with van der Waals surface area (Å²) in [6.07, 6.45) is 13.2. The van der Waals surface area contributed by atoms with Crippen molar-refractivity contribution in [3.8, 4) is 0 Å². The van der Waals surface area contributed by atoms with E-state index in [1.54, 1.807) is 23.5 Å². The molecule has 0 radical (unpaired) electrons. The predicted molar refractivity (Wildman–Crippen MR) is 98.1 cm³/mol. The first-order valence-electron chi connectivity index (χ1n) is 8.09. The van der Waals surface area contributed by atoms with E-state index >= 15 is 0 Å². The predicted octanol–water partition coefficient (Wildman–Crippen LogP) is 3.62. The number of hydrogen-bond donors (Lipinski definition) is 0. The molecule has 1 atom stereocenters. The van der Waals surface area contributed by atoms with Gasteiger partial charge in [0.25, 0.3) is 5.91 Å². The number of alkyl halides is 1. The summed E-state index contributed by atoms with van der Waals surface area (Å²) in [4.78, 5) is 22.5. The first-order valence-corrected chi connectivity index (χ1v) is 8.52. The monoisotopic (exact) mass is 349 g/mol. The largest absolute Gasteiger partial charge is 0.329 e. The second-order valence-corrected chi connectivity index (χ2v) is 6.50. The van der Waals surface area contributed by atoms with Gasteiger partial charge in [0.15, 0.2) is 0 Å². The number of pyridine rings is 2. The molecule has 1 aliphatic carbocycles. The zero-order valence-electron chi connectivity index (χ0n) is 13.5. The molecular formula is C20H16ClN3O. The van der Waals surface area contributed by atoms with Crippen LogP contribution in [0.4, 0.5) is 0 Å². The van der Waals surface area contributed by atoms with Crippen LogP contribution in [0.2, 0.25) is 0 Å². The Morgan fingerprint density at radius 2 is 2.00 bits per heavy atom. The molecule has 0 N–H and O–H groups in total. The van der Waals surface area contributed by atoms with Crippen molar-refractivity contribution in [2.75, 3.05) is 6.54 Å². The third-order valence-corrected chi connectivity index (χ3v) is 4.83. The molecule has 1 unspecified atom stereocenters. The van der Waals surface area contributed by atoms with E-state index in [0.29, 0.717) is 18.8 Å². The van der Waals surface area contributed by atoms with Gasteiger partial charge in [0.1, 0.15) is 5.69 Å². The molecule has 2 aromatic heterocycles. The molecule has 2 aliphatic rings. The van der Waals surface area contributed by atoms with Crippen LogP contribution in [-0.4, -0.2) is 32.7 Å². The molecule has 0 fully saturated rings. The number of carbonyl (C=O) groups excluding carboxylic acids is 1. The van der Waals surface area contributed by atoms with Crippen molar-refractivity contribution < 1.29 is 4.79 Å². The highest BCUT2D eigenvalue weighted by Crippen LogP contribution is 2.26. The van der Waals surface area contributed by atoms with Gasteiger partial charge in [0, 0.05) is 37.2 Å². The summed E-state index contributed by atoms with van der Waals surface area (Å²) in [5.41, 5.74) is 4.66. The van der Waals surface area contributed by atoms with Gasteiger partial charge in [-0.3, -0.25) is 14.8 Å². The zero-order chi connectivity index (χ0) is 17.2. The van der Waals surface area contributed by atoms with Gasteiger partial charge in [-0.1, -0.05) is 30.4 Å². The molecule has 3 heterocycles. The fraction of sp³-hybridized carbons (Fsp3) is 0.150. The van der Waals surface area contributed by atoms with Crippen LogP contribution in [0.1, 0.15) is 21.6 Å². The van der Waals surface area contributed by atoms with Gasteiger partial charge in [-0.2, -0.15) is 0 Å². The number of carbonyl (C=O) groups is 1. The number of amides is 1. The van der Waals surface area contributed by atoms with Gasteiger partial charge in [-0.05, 0) is 34.9 Å². The third-order valence-electron chi connectivity index (χ3n) is 4.41. The molecule has 1 amide bonds. The van der Waals surface area contributed by atoms with Crippen LogP contribution >= 0.6 is 11.6 Å². The van der Waals surface area contributed by atoms with Gasteiger partial charge >= 0.3 is 0 Å². The van der Waals surface area contributed by atoms with E-state index in [-0.39, 0.29) is 11.3 Å². The maximum atomic E-state index is 12.5. The fourth-order valence-corrected chi connectivity index (χ4v) is 3.28. The Morgan fingerprint density at radius 3 is 2.80 bits per heavy atom. The molecule has 5 heteroatoms. The van der Waals surface area contributed by atoms with Gasteiger partial charge in [0.2, 0.25) is 0 Å². The van der Waals surface area contributed by atoms with E-state index < -0.39 is 0 Å². The van der Waals surface area contributed by atoms with Crippen LogP contribution in [0.15, 0.2) is 72.7 Å². The Labute approximate surface area is 151 Å². The smallest absolute Gasteiger partial charge is 0.273 e. The summed E-state index contributed by atoms with van der Waals surface area (Å²) < 4.78 is 0. The Morgan fingerprint density at radius 1 is 1.16 bits per heavy atom. The van der Waals surface area contributed by atoms with Crippen molar-refractivity contribution in [3.63, 3.8) is 0 Å². The van der Waals surface area contributed by atoms with Crippen molar-refractivity contribution in [2.24, 2.45) is 0 Å². The van der Waals surface area contributed by atoms with Crippen LogP contribution in [-0.2, 0) is 6.54 Å². The molecule has 0 bridgehead atoms. The van der Waals surface area contributed by atoms with E-state index in [1.807, 2.05) is 48.6 Å². The lowest BCUT2D eigenvalue weighted by atomic mass is 10.1. The summed E-state index contributed by atoms with van der Waals surface area (Å²) in [5.74, 6) is -0.0352. The van der Waals surface area contributed by atoms with Crippen LogP contribution < -0.4 is 0 Å². The van der Waals surface area contributed by atoms with E-state index in [1.165, 1.54) is 0 Å². The van der Waals surface area contributed by atoms with Crippen molar-refractivity contribution in [1.29, 1.82) is 0 Å². The Kier molecular flexibility index (Phi) is 4.20. The van der Waals surface area contributed by atoms with Crippen LogP contribution in [0, 0.1) is 0 Å². The van der Waals surface area contributed by atoms with Crippen LogP contribution in [0.3, 0.4) is 0 Å². The summed E-state index contributed by atoms with van der Waals surface area (Å²) in [6.45, 7) is 1.07. The summed E-state index contributed by atoms with van der Waals surface area (Å²) in [5, 5.41) is -0.250. The average Bonchev–Trinajstić information content (AvgIpc) is 2.84. The van der Waals surface area contributed by atoms with Gasteiger partial charge in [-0.25, -0.2) is 0 Å². The molecule has 0 saturated carbocycles. The normalized spacial score (nSPS) is 19.3. The lowest BCUT2D eigenvalue weighted by Gasteiger charge is -2.19. The number of nitrogens with zero attached hydrogens (tertiary/aromatic N) is 3. The molecular weight excluding hydrogens is 334 g/mol. The van der Waals surface area contributed by atoms with E-state index in [4.69, 9.17) is 11.6 Å². The quantitative estimate of drug-likeness (QED) is 0.795. The minimum absolute atomic E-state index is 0.0352. The molecule has 4 nitrogen and oxygen atoms in total. The highest BCUT2D eigenvalue weighted by Gasteiger charge is 2.29. The van der Waals surface area contributed by atoms with Crippen molar-refractivity contribution in [1.82, 2.24) is 14.9 Å². The maximum absolute atomic E-state index is 12.5. The van der Waals surface area contributed by atoms with Crippen molar-refractivity contribution >= 4 is 23.1 Å². The fourth-order valence-electron chi connectivity index (χ4n) is 3.07. The molecule has 0 spiro atoms. The molecule has 2 aromatic rings. The van der Waals surface area contributed by atoms with Crippen LogP contribution in [0.5, 0.6) is 0 Å². The standard InChI is InChI=1S/C20H16ClN3O/c21-18-6-5-14(15-7-10-22-11-8-15)3-4-16(18)12-24-13-17-2-1-9-23-19(17)20(24)25/h1-11,18H,12-13H2. The maximum Gasteiger partial charge on any atom is 0.273 e. The number of halogens is 1. The molecule has 0 aromatic carbocycles. The topological polar surface area (TPSA) is 46.1 Å². The number of hydrogen-bond acceptors (Lipinski definition) is 3. The number of rotatable bonds is 3. The van der Waals surface area contributed by atoms with Crippen molar-refractivity contribution in [2.45, 2.75) is 11.9 Å². The first-order chi connectivity index (χ1) is 12.2. The average molecular weight is 350 g/mol. The minimum Gasteiger partial charge on any atom is -0.329 e. The summed E-state index contributed by atoms with van der Waals surface area (Å²) >= 11 is 6.52. The molecule has 25 heavy (non-hydrogen) atoms. The number of fused-ring (bicyclic) bond motifs is 1. The summed E-state index contributed by atoms with van der Waals surface area (Å²) in [6, 6.07) is 7.73. The Balaban J connectivity index is 1.57. The second-order valence-electron chi connectivity index (χ2n) is 6.03. The molecule has 124 valence electrons. The zero-order valence-corrected chi connectivity index (χ0v) is 14.2. The van der Waals surface area contributed by atoms with Crippen LogP contribution in [0.25, 0.3) is 5.57 Å². The molecule has 0 saturated heterocycles. The Hall–Kier alpha value is -2.72. The van der Waals surface area contributed by atoms with Gasteiger partial charge in [-0.15, -0.1) is 11.6 Å². The van der Waals surface area contributed by atoms with E-state index in [9.17, 15) is 4.79 Å². The SMILES string of the molecule is O=C1c2ncccc2CN1CC1=CC=C(c2ccncc2)C=CC1Cl. The third kappa shape index (κ3) is 3.13. The summed E-state index contributed by atoms with van der Waals surface area (Å²) in [7, 11) is 0. The highest BCUT2D eigenvalue weighted by atomic mass is 35.5. The van der Waals surface area contributed by atoms with Gasteiger partial charge in [0.05, 0.1) is 5.38 Å². The minimum atomic E-state index is -0.250. The van der Waals surface area contributed by atoms with E-state index in [0.717, 1.165) is 22.3 Å². The van der Waals surface area contributed by atoms with Crippen molar-refractivity contribution in [3.05, 3.63) is 89.6 Å². The number of aromatic nitrogens is 2. The highest BCUT2D eigenvalue weighted by molar-refractivity contribution is 6.24. The van der Waals surface area contributed by atoms with E-state index in [2.05, 4.69) is 9.97 Å². The lowest BCUT2D eigenvalue weighted by molar-refractivity contribution is 0.0787. The Bertz CT molecular complexity index is 902. The van der Waals surface area contributed by atoms with Gasteiger partial charge < -0.3 is 4.90 Å². The molecule has 4 rings (SSSR count).